The van der Waals surface area contributed by atoms with E-state index in [-0.39, 0.29) is 5.63 Å². The molecular formula is C19H18O3. The molecule has 0 fully saturated rings. The fourth-order valence-electron chi connectivity index (χ4n) is 2.63. The van der Waals surface area contributed by atoms with Gasteiger partial charge < -0.3 is 9.15 Å². The Bertz CT molecular complexity index is 857. The van der Waals surface area contributed by atoms with Gasteiger partial charge in [0.15, 0.2) is 0 Å². The Balaban J connectivity index is 1.93. The van der Waals surface area contributed by atoms with E-state index in [4.69, 9.17) is 9.15 Å². The van der Waals surface area contributed by atoms with Crippen LogP contribution in [0.4, 0.5) is 0 Å². The van der Waals surface area contributed by atoms with E-state index in [1.807, 2.05) is 31.2 Å². The second kappa shape index (κ2) is 6.06. The predicted molar refractivity (Wildman–Crippen MR) is 87.4 cm³/mol. The van der Waals surface area contributed by atoms with Crippen molar-refractivity contribution in [3.05, 3.63) is 75.8 Å². The third-order valence-corrected chi connectivity index (χ3v) is 3.75. The number of rotatable bonds is 4. The van der Waals surface area contributed by atoms with Gasteiger partial charge in [-0.2, -0.15) is 0 Å². The Morgan fingerprint density at radius 1 is 1.09 bits per heavy atom. The molecule has 0 N–H and O–H groups in total. The first-order valence-electron chi connectivity index (χ1n) is 7.42. The standard InChI is InChI=1S/C19H18O3/c1-3-16-18(11-13(2)22-19(16)20)21-12-15-9-6-8-14-7-4-5-10-17(14)15/h4-11H,3,12H2,1-2H3. The summed E-state index contributed by atoms with van der Waals surface area (Å²) in [6.45, 7) is 4.11. The first-order valence-corrected chi connectivity index (χ1v) is 7.42. The van der Waals surface area contributed by atoms with Crippen molar-refractivity contribution < 1.29 is 9.15 Å². The van der Waals surface area contributed by atoms with E-state index < -0.39 is 0 Å². The third-order valence-electron chi connectivity index (χ3n) is 3.75. The van der Waals surface area contributed by atoms with Gasteiger partial charge in [-0.3, -0.25) is 0 Å². The van der Waals surface area contributed by atoms with E-state index in [1.165, 1.54) is 10.8 Å². The van der Waals surface area contributed by atoms with Gasteiger partial charge in [0.05, 0.1) is 5.56 Å². The summed E-state index contributed by atoms with van der Waals surface area (Å²) in [6.07, 6.45) is 0.591. The first kappa shape index (κ1) is 14.4. The monoisotopic (exact) mass is 294 g/mol. The molecule has 0 amide bonds. The normalized spacial score (nSPS) is 10.8. The fourth-order valence-corrected chi connectivity index (χ4v) is 2.63. The van der Waals surface area contributed by atoms with Crippen LogP contribution in [-0.4, -0.2) is 0 Å². The minimum Gasteiger partial charge on any atom is -0.488 e. The maximum Gasteiger partial charge on any atom is 0.342 e. The second-order valence-electron chi connectivity index (χ2n) is 5.27. The molecule has 0 aliphatic rings. The van der Waals surface area contributed by atoms with Gasteiger partial charge in [-0.25, -0.2) is 4.79 Å². The van der Waals surface area contributed by atoms with Crippen LogP contribution in [0.3, 0.4) is 0 Å². The van der Waals surface area contributed by atoms with E-state index >= 15 is 0 Å². The molecule has 0 atom stereocenters. The van der Waals surface area contributed by atoms with E-state index in [2.05, 4.69) is 18.2 Å². The van der Waals surface area contributed by atoms with Gasteiger partial charge in [0.25, 0.3) is 0 Å². The lowest BCUT2D eigenvalue weighted by Crippen LogP contribution is -2.10. The van der Waals surface area contributed by atoms with Crippen LogP contribution in [0.1, 0.15) is 23.8 Å². The highest BCUT2D eigenvalue weighted by Gasteiger charge is 2.10. The zero-order valence-corrected chi connectivity index (χ0v) is 12.8. The Morgan fingerprint density at radius 3 is 2.68 bits per heavy atom. The summed E-state index contributed by atoms with van der Waals surface area (Å²) in [7, 11) is 0. The highest BCUT2D eigenvalue weighted by atomic mass is 16.5. The molecule has 3 aromatic rings. The van der Waals surface area contributed by atoms with Gasteiger partial charge in [-0.15, -0.1) is 0 Å². The van der Waals surface area contributed by atoms with Crippen LogP contribution in [0.25, 0.3) is 10.8 Å². The molecule has 0 radical (unpaired) electrons. The topological polar surface area (TPSA) is 39.4 Å². The lowest BCUT2D eigenvalue weighted by atomic mass is 10.1. The Labute approximate surface area is 129 Å². The SMILES string of the molecule is CCc1c(OCc2cccc3ccccc23)cc(C)oc1=O. The Hall–Kier alpha value is -2.55. The molecule has 0 aliphatic heterocycles. The number of aryl methyl sites for hydroxylation is 1. The molecule has 3 nitrogen and oxygen atoms in total. The second-order valence-corrected chi connectivity index (χ2v) is 5.27. The van der Waals surface area contributed by atoms with Crippen molar-refractivity contribution in [2.45, 2.75) is 26.9 Å². The number of fused-ring (bicyclic) bond motifs is 1. The van der Waals surface area contributed by atoms with E-state index in [0.717, 1.165) is 5.56 Å². The highest BCUT2D eigenvalue weighted by Crippen LogP contribution is 2.22. The molecule has 2 aromatic carbocycles. The lowest BCUT2D eigenvalue weighted by Gasteiger charge is -2.11. The lowest BCUT2D eigenvalue weighted by molar-refractivity contribution is 0.297. The van der Waals surface area contributed by atoms with Crippen molar-refractivity contribution >= 4 is 10.8 Å². The largest absolute Gasteiger partial charge is 0.488 e. The number of hydrogen-bond acceptors (Lipinski definition) is 3. The smallest absolute Gasteiger partial charge is 0.342 e. The number of hydrogen-bond donors (Lipinski definition) is 0. The van der Waals surface area contributed by atoms with E-state index in [1.54, 1.807) is 13.0 Å². The van der Waals surface area contributed by atoms with Gasteiger partial charge in [0.1, 0.15) is 18.1 Å². The quantitative estimate of drug-likeness (QED) is 0.722. The summed E-state index contributed by atoms with van der Waals surface area (Å²) in [5.74, 6) is 1.18. The molecular weight excluding hydrogens is 276 g/mol. The molecule has 0 bridgehead atoms. The molecule has 0 spiro atoms. The maximum atomic E-state index is 11.9. The molecule has 3 rings (SSSR count). The van der Waals surface area contributed by atoms with Crippen molar-refractivity contribution in [2.24, 2.45) is 0 Å². The first-order chi connectivity index (χ1) is 10.7. The van der Waals surface area contributed by atoms with Crippen LogP contribution in [-0.2, 0) is 13.0 Å². The van der Waals surface area contributed by atoms with Crippen LogP contribution in [0.2, 0.25) is 0 Å². The van der Waals surface area contributed by atoms with Crippen LogP contribution in [0, 0.1) is 6.92 Å². The molecule has 0 saturated carbocycles. The summed E-state index contributed by atoms with van der Waals surface area (Å²) in [4.78, 5) is 11.9. The van der Waals surface area contributed by atoms with Crippen LogP contribution < -0.4 is 10.4 Å². The average Bonchev–Trinajstić information content (AvgIpc) is 2.52. The average molecular weight is 294 g/mol. The summed E-state index contributed by atoms with van der Waals surface area (Å²) in [6, 6.07) is 16.1. The molecule has 1 heterocycles. The van der Waals surface area contributed by atoms with E-state index in [9.17, 15) is 4.79 Å². The Morgan fingerprint density at radius 2 is 1.86 bits per heavy atom. The van der Waals surface area contributed by atoms with Crippen molar-refractivity contribution in [2.75, 3.05) is 0 Å². The molecule has 0 unspecified atom stereocenters. The van der Waals surface area contributed by atoms with Gasteiger partial charge in [-0.05, 0) is 29.7 Å². The minimum atomic E-state index is -0.310. The van der Waals surface area contributed by atoms with Gasteiger partial charge >= 0.3 is 5.63 Å². The van der Waals surface area contributed by atoms with Crippen LogP contribution >= 0.6 is 0 Å². The molecule has 112 valence electrons. The Kier molecular flexibility index (Phi) is 3.96. The van der Waals surface area contributed by atoms with Gasteiger partial charge in [0, 0.05) is 6.07 Å². The van der Waals surface area contributed by atoms with Crippen LogP contribution in [0.5, 0.6) is 5.75 Å². The summed E-state index contributed by atoms with van der Waals surface area (Å²) >= 11 is 0. The van der Waals surface area contributed by atoms with Gasteiger partial charge in [-0.1, -0.05) is 49.4 Å². The van der Waals surface area contributed by atoms with Crippen molar-refractivity contribution in [1.82, 2.24) is 0 Å². The predicted octanol–water partition coefficient (Wildman–Crippen LogP) is 4.24. The number of ether oxygens (including phenoxy) is 1. The summed E-state index contributed by atoms with van der Waals surface area (Å²) in [5, 5.41) is 2.35. The van der Waals surface area contributed by atoms with Gasteiger partial charge in [0.2, 0.25) is 0 Å². The van der Waals surface area contributed by atoms with Crippen molar-refractivity contribution in [1.29, 1.82) is 0 Å². The van der Waals surface area contributed by atoms with Crippen LogP contribution in [0.15, 0.2) is 57.7 Å². The van der Waals surface area contributed by atoms with Crippen molar-refractivity contribution in [3.8, 4) is 5.75 Å². The molecule has 22 heavy (non-hydrogen) atoms. The number of benzene rings is 2. The summed E-state index contributed by atoms with van der Waals surface area (Å²) in [5.41, 5.74) is 1.38. The zero-order chi connectivity index (χ0) is 15.5. The highest BCUT2D eigenvalue weighted by molar-refractivity contribution is 5.85. The molecule has 3 heteroatoms. The molecule has 1 aromatic heterocycles. The van der Waals surface area contributed by atoms with E-state index in [0.29, 0.717) is 30.1 Å². The minimum absolute atomic E-state index is 0.310. The summed E-state index contributed by atoms with van der Waals surface area (Å²) < 4.78 is 11.1. The maximum absolute atomic E-state index is 11.9. The van der Waals surface area contributed by atoms with Crippen molar-refractivity contribution in [3.63, 3.8) is 0 Å². The zero-order valence-electron chi connectivity index (χ0n) is 12.8. The molecule has 0 saturated heterocycles. The third kappa shape index (κ3) is 2.75. The fraction of sp³-hybridized carbons (Fsp3) is 0.211. The molecule has 0 aliphatic carbocycles.